The number of primary amides is 1. The lowest BCUT2D eigenvalue weighted by molar-refractivity contribution is -0.117. The van der Waals surface area contributed by atoms with Crippen molar-refractivity contribution >= 4 is 30.0 Å². The molecule has 0 spiro atoms. The third kappa shape index (κ3) is 4.14. The number of hydrogen-bond donors (Lipinski definition) is 2. The van der Waals surface area contributed by atoms with Crippen molar-refractivity contribution in [2.24, 2.45) is 5.73 Å². The van der Waals surface area contributed by atoms with Gasteiger partial charge in [0.2, 0.25) is 5.91 Å². The number of carbonyl (C=O) groups excluding carboxylic acids is 3. The van der Waals surface area contributed by atoms with Crippen molar-refractivity contribution in [3.8, 4) is 0 Å². The summed E-state index contributed by atoms with van der Waals surface area (Å²) >= 11 is 1.22. The number of nitrogens with one attached hydrogen (secondary N) is 1. The molecule has 0 bridgehead atoms. The minimum Gasteiger partial charge on any atom is -0.351 e. The van der Waals surface area contributed by atoms with E-state index in [1.165, 1.54) is 11.8 Å². The molecule has 1 aromatic carbocycles. The Morgan fingerprint density at radius 1 is 1.44 bits per heavy atom. The van der Waals surface area contributed by atoms with E-state index in [0.29, 0.717) is 5.56 Å². The molecule has 0 fully saturated rings. The van der Waals surface area contributed by atoms with Crippen LogP contribution < -0.4 is 11.1 Å². The van der Waals surface area contributed by atoms with Crippen LogP contribution in [0.15, 0.2) is 29.2 Å². The highest BCUT2D eigenvalue weighted by atomic mass is 32.2. The molecule has 0 radical (unpaired) electrons. The summed E-state index contributed by atoms with van der Waals surface area (Å²) in [7, 11) is 0. The van der Waals surface area contributed by atoms with Crippen molar-refractivity contribution in [3.63, 3.8) is 0 Å². The normalized spacial score (nSPS) is 9.50. The van der Waals surface area contributed by atoms with Crippen LogP contribution >= 0.6 is 11.8 Å². The van der Waals surface area contributed by atoms with Crippen LogP contribution in [0, 0.1) is 0 Å². The van der Waals surface area contributed by atoms with Gasteiger partial charge in [-0.2, -0.15) is 0 Å². The van der Waals surface area contributed by atoms with Crippen molar-refractivity contribution in [2.75, 3.05) is 5.75 Å². The van der Waals surface area contributed by atoms with E-state index in [4.69, 9.17) is 5.73 Å². The summed E-state index contributed by atoms with van der Waals surface area (Å²) in [6, 6.07) is 5.95. The Morgan fingerprint density at radius 3 is 2.81 bits per heavy atom. The molecule has 1 rings (SSSR count). The van der Waals surface area contributed by atoms with E-state index >= 15 is 0 Å². The zero-order chi connectivity index (χ0) is 12.0. The van der Waals surface area contributed by atoms with Gasteiger partial charge in [-0.05, 0) is 12.1 Å². The van der Waals surface area contributed by atoms with Gasteiger partial charge in [-0.25, -0.2) is 4.79 Å². The Labute approximate surface area is 96.4 Å². The molecule has 3 N–H and O–H groups in total. The summed E-state index contributed by atoms with van der Waals surface area (Å²) in [6.07, 6.45) is 0.730. The lowest BCUT2D eigenvalue weighted by Gasteiger charge is -2.01. The van der Waals surface area contributed by atoms with Crippen molar-refractivity contribution in [2.45, 2.75) is 4.90 Å². The predicted octanol–water partition coefficient (Wildman–Crippen LogP) is 0.786. The first-order valence-electron chi connectivity index (χ1n) is 4.39. The van der Waals surface area contributed by atoms with Gasteiger partial charge >= 0.3 is 6.03 Å². The molecule has 0 aliphatic carbocycles. The van der Waals surface area contributed by atoms with Gasteiger partial charge in [-0.15, -0.1) is 11.8 Å². The maximum atomic E-state index is 11.1. The Hall–Kier alpha value is -1.82. The molecule has 0 atom stereocenters. The summed E-state index contributed by atoms with van der Waals surface area (Å²) in [4.78, 5) is 32.7. The van der Waals surface area contributed by atoms with Crippen LogP contribution in [-0.2, 0) is 4.79 Å². The van der Waals surface area contributed by atoms with Crippen LogP contribution in [0.4, 0.5) is 4.79 Å². The largest absolute Gasteiger partial charge is 0.351 e. The second-order valence-electron chi connectivity index (χ2n) is 2.89. The van der Waals surface area contributed by atoms with Crippen LogP contribution in [0.5, 0.6) is 0 Å². The Balaban J connectivity index is 2.51. The number of carbonyl (C=O) groups is 3. The number of aldehydes is 1. The Morgan fingerprint density at radius 2 is 2.19 bits per heavy atom. The molecule has 0 saturated heterocycles. The molecule has 0 aliphatic heterocycles. The van der Waals surface area contributed by atoms with Gasteiger partial charge < -0.3 is 5.73 Å². The summed E-state index contributed by atoms with van der Waals surface area (Å²) in [5, 5.41) is 1.95. The number of urea groups is 1. The van der Waals surface area contributed by atoms with E-state index in [0.717, 1.165) is 11.2 Å². The highest BCUT2D eigenvalue weighted by Gasteiger charge is 2.05. The molecule has 5 nitrogen and oxygen atoms in total. The van der Waals surface area contributed by atoms with E-state index < -0.39 is 11.9 Å². The third-order valence-corrected chi connectivity index (χ3v) is 2.62. The van der Waals surface area contributed by atoms with Gasteiger partial charge in [-0.1, -0.05) is 12.1 Å². The van der Waals surface area contributed by atoms with Crippen LogP contribution in [0.1, 0.15) is 10.4 Å². The van der Waals surface area contributed by atoms with Gasteiger partial charge in [0.15, 0.2) is 0 Å². The van der Waals surface area contributed by atoms with E-state index in [1.54, 1.807) is 24.3 Å². The van der Waals surface area contributed by atoms with Gasteiger partial charge in [0.1, 0.15) is 6.29 Å². The smallest absolute Gasteiger partial charge is 0.318 e. The fraction of sp³-hybridized carbons (Fsp3) is 0.100. The predicted molar refractivity (Wildman–Crippen MR) is 60.3 cm³/mol. The van der Waals surface area contributed by atoms with Gasteiger partial charge in [-0.3, -0.25) is 14.9 Å². The molecule has 0 aliphatic rings. The van der Waals surface area contributed by atoms with Crippen molar-refractivity contribution in [1.29, 1.82) is 0 Å². The monoisotopic (exact) mass is 238 g/mol. The fourth-order valence-corrected chi connectivity index (χ4v) is 1.76. The van der Waals surface area contributed by atoms with Gasteiger partial charge in [0.05, 0.1) is 5.75 Å². The summed E-state index contributed by atoms with van der Waals surface area (Å²) in [6.45, 7) is 0. The number of benzene rings is 1. The second kappa shape index (κ2) is 5.92. The third-order valence-electron chi connectivity index (χ3n) is 1.63. The molecule has 6 heteroatoms. The van der Waals surface area contributed by atoms with Crippen LogP contribution in [0.3, 0.4) is 0 Å². The first kappa shape index (κ1) is 12.3. The summed E-state index contributed by atoms with van der Waals surface area (Å²) < 4.78 is 0. The van der Waals surface area contributed by atoms with Crippen LogP contribution in [0.2, 0.25) is 0 Å². The average molecular weight is 238 g/mol. The van der Waals surface area contributed by atoms with Gasteiger partial charge in [0, 0.05) is 10.5 Å². The zero-order valence-electron chi connectivity index (χ0n) is 8.30. The van der Waals surface area contributed by atoms with E-state index in [1.807, 2.05) is 5.32 Å². The molecule has 16 heavy (non-hydrogen) atoms. The summed E-state index contributed by atoms with van der Waals surface area (Å²) in [5.41, 5.74) is 5.32. The topological polar surface area (TPSA) is 89.3 Å². The molecule has 84 valence electrons. The number of thioether (sulfide) groups is 1. The Bertz CT molecular complexity index is 420. The fourth-order valence-electron chi connectivity index (χ4n) is 1.00. The molecule has 0 unspecified atom stereocenters. The van der Waals surface area contributed by atoms with E-state index in [2.05, 4.69) is 0 Å². The SMILES string of the molecule is NC(=O)NC(=O)CSc1cccc(C=O)c1. The summed E-state index contributed by atoms with van der Waals surface area (Å²) in [5.74, 6) is -0.389. The van der Waals surface area contributed by atoms with Crippen LogP contribution in [-0.4, -0.2) is 24.0 Å². The molecule has 1 aromatic rings. The number of imide groups is 1. The average Bonchev–Trinajstić information content (AvgIpc) is 2.26. The number of hydrogen-bond acceptors (Lipinski definition) is 4. The first-order chi connectivity index (χ1) is 7.61. The van der Waals surface area contributed by atoms with Crippen molar-refractivity contribution < 1.29 is 14.4 Å². The lowest BCUT2D eigenvalue weighted by atomic mass is 10.2. The van der Waals surface area contributed by atoms with Crippen molar-refractivity contribution in [1.82, 2.24) is 5.32 Å². The standard InChI is InChI=1S/C10H10N2O3S/c11-10(15)12-9(14)6-16-8-3-1-2-7(4-8)5-13/h1-5H,6H2,(H3,11,12,14,15). The maximum absolute atomic E-state index is 11.1. The van der Waals surface area contributed by atoms with E-state index in [-0.39, 0.29) is 5.75 Å². The highest BCUT2D eigenvalue weighted by Crippen LogP contribution is 2.18. The minimum absolute atomic E-state index is 0.0747. The molecule has 0 saturated carbocycles. The molecular weight excluding hydrogens is 228 g/mol. The number of rotatable bonds is 4. The lowest BCUT2D eigenvalue weighted by Crippen LogP contribution is -2.36. The first-order valence-corrected chi connectivity index (χ1v) is 5.37. The molecule has 3 amide bonds. The van der Waals surface area contributed by atoms with Crippen LogP contribution in [0.25, 0.3) is 0 Å². The zero-order valence-corrected chi connectivity index (χ0v) is 9.12. The van der Waals surface area contributed by atoms with Crippen molar-refractivity contribution in [3.05, 3.63) is 29.8 Å². The van der Waals surface area contributed by atoms with Gasteiger partial charge in [0.25, 0.3) is 0 Å². The van der Waals surface area contributed by atoms with E-state index in [9.17, 15) is 14.4 Å². The molecular formula is C10H10N2O3S. The minimum atomic E-state index is -0.868. The molecule has 0 heterocycles. The second-order valence-corrected chi connectivity index (χ2v) is 3.94. The maximum Gasteiger partial charge on any atom is 0.318 e. The highest BCUT2D eigenvalue weighted by molar-refractivity contribution is 8.00. The molecule has 0 aromatic heterocycles. The number of amides is 3. The quantitative estimate of drug-likeness (QED) is 0.599. The Kier molecular flexibility index (Phi) is 4.53. The number of nitrogens with two attached hydrogens (primary N) is 1.